The largest absolute Gasteiger partial charge is 0.507 e. The van der Waals surface area contributed by atoms with E-state index in [9.17, 15) is 9.90 Å². The van der Waals surface area contributed by atoms with Gasteiger partial charge in [0, 0.05) is 11.6 Å². The van der Waals surface area contributed by atoms with Crippen molar-refractivity contribution in [1.82, 2.24) is 9.97 Å². The van der Waals surface area contributed by atoms with E-state index in [1.165, 1.54) is 6.08 Å². The van der Waals surface area contributed by atoms with Gasteiger partial charge in [-0.1, -0.05) is 42.5 Å². The van der Waals surface area contributed by atoms with Crippen molar-refractivity contribution in [2.75, 3.05) is 0 Å². The fourth-order valence-electron chi connectivity index (χ4n) is 2.92. The Morgan fingerprint density at radius 1 is 1.12 bits per heavy atom. The van der Waals surface area contributed by atoms with Crippen LogP contribution in [0.2, 0.25) is 0 Å². The second-order valence-electron chi connectivity index (χ2n) is 5.85. The molecule has 0 spiro atoms. The zero-order valence-corrected chi connectivity index (χ0v) is 13.6. The molecule has 4 rings (SSSR count). The fourth-order valence-corrected chi connectivity index (χ4v) is 2.92. The Balaban J connectivity index is 1.88. The first-order chi connectivity index (χ1) is 12.7. The van der Waals surface area contributed by atoms with Crippen LogP contribution >= 0.6 is 0 Å². The molecule has 5 nitrogen and oxygen atoms in total. The van der Waals surface area contributed by atoms with Crippen molar-refractivity contribution in [2.24, 2.45) is 0 Å². The lowest BCUT2D eigenvalue weighted by atomic mass is 10.0. The highest BCUT2D eigenvalue weighted by atomic mass is 16.3. The van der Waals surface area contributed by atoms with E-state index < -0.39 is 5.56 Å². The summed E-state index contributed by atoms with van der Waals surface area (Å²) in [5, 5.41) is 21.5. The van der Waals surface area contributed by atoms with E-state index in [2.05, 4.69) is 9.97 Å². The molecule has 1 heterocycles. The van der Waals surface area contributed by atoms with E-state index >= 15 is 0 Å². The summed E-state index contributed by atoms with van der Waals surface area (Å²) >= 11 is 0. The maximum Gasteiger partial charge on any atom is 0.274 e. The molecule has 2 N–H and O–H groups in total. The fraction of sp³-hybridized carbons (Fsp3) is 0. The molecule has 0 saturated heterocycles. The van der Waals surface area contributed by atoms with E-state index in [4.69, 9.17) is 5.26 Å². The molecule has 0 aliphatic carbocycles. The number of aliphatic hydroxyl groups excluding tert-OH is 1. The number of nitrogens with zero attached hydrogens (tertiary/aromatic N) is 2. The molecule has 0 amide bonds. The molecular weight excluding hydrogens is 326 g/mol. The van der Waals surface area contributed by atoms with Crippen LogP contribution in [0.1, 0.15) is 16.8 Å². The van der Waals surface area contributed by atoms with Gasteiger partial charge in [-0.15, -0.1) is 0 Å². The van der Waals surface area contributed by atoms with Crippen LogP contribution in [0, 0.1) is 11.3 Å². The summed E-state index contributed by atoms with van der Waals surface area (Å²) in [7, 11) is 0. The lowest BCUT2D eigenvalue weighted by Gasteiger charge is -2.06. The molecule has 4 aromatic rings. The number of aromatic amines is 1. The Hall–Kier alpha value is -3.91. The average Bonchev–Trinajstić information content (AvgIpc) is 2.67. The monoisotopic (exact) mass is 339 g/mol. The normalized spacial score (nSPS) is 11.6. The molecule has 0 atom stereocenters. The maximum absolute atomic E-state index is 12.3. The van der Waals surface area contributed by atoms with Crippen molar-refractivity contribution in [3.8, 4) is 6.07 Å². The van der Waals surface area contributed by atoms with Crippen LogP contribution in [0.25, 0.3) is 33.6 Å². The van der Waals surface area contributed by atoms with Crippen LogP contribution in [-0.4, -0.2) is 15.1 Å². The van der Waals surface area contributed by atoms with Gasteiger partial charge in [0.05, 0.1) is 22.7 Å². The molecule has 1 aromatic heterocycles. The number of H-pyrrole nitrogens is 1. The molecule has 0 bridgehead atoms. The zero-order chi connectivity index (χ0) is 18.1. The van der Waals surface area contributed by atoms with Gasteiger partial charge in [-0.05, 0) is 29.0 Å². The van der Waals surface area contributed by atoms with Crippen molar-refractivity contribution in [3.05, 3.63) is 87.8 Å². The van der Waals surface area contributed by atoms with E-state index in [0.29, 0.717) is 22.2 Å². The van der Waals surface area contributed by atoms with Gasteiger partial charge in [0.25, 0.3) is 5.56 Å². The average molecular weight is 339 g/mol. The summed E-state index contributed by atoms with van der Waals surface area (Å²) in [5.41, 5.74) is 1.77. The summed E-state index contributed by atoms with van der Waals surface area (Å²) in [6.45, 7) is 0. The van der Waals surface area contributed by atoms with Gasteiger partial charge in [-0.2, -0.15) is 5.26 Å². The second kappa shape index (κ2) is 6.19. The van der Waals surface area contributed by atoms with Crippen LogP contribution in [-0.2, 0) is 0 Å². The quantitative estimate of drug-likeness (QED) is 0.540. The second-order valence-corrected chi connectivity index (χ2v) is 5.85. The lowest BCUT2D eigenvalue weighted by Crippen LogP contribution is -2.12. The molecule has 0 radical (unpaired) electrons. The van der Waals surface area contributed by atoms with Crippen LogP contribution in [0.4, 0.5) is 0 Å². The first-order valence-corrected chi connectivity index (χ1v) is 7.99. The van der Waals surface area contributed by atoms with Gasteiger partial charge in [-0.3, -0.25) is 4.79 Å². The van der Waals surface area contributed by atoms with Gasteiger partial charge in [-0.25, -0.2) is 4.98 Å². The standard InChI is InChI=1S/C21H13N3O2/c22-12-13-8-9-17-18(10-13)23-19(21(26)24-17)11-20(25)16-7-3-5-14-4-1-2-6-15(14)16/h1-11,25H,(H,24,26). The molecule has 0 unspecified atom stereocenters. The number of benzene rings is 3. The molecule has 5 heteroatoms. The summed E-state index contributed by atoms with van der Waals surface area (Å²) in [5.74, 6) is -0.0458. The van der Waals surface area contributed by atoms with Crippen molar-refractivity contribution >= 4 is 33.6 Å². The molecular formula is C21H13N3O2. The first-order valence-electron chi connectivity index (χ1n) is 7.99. The van der Waals surface area contributed by atoms with Gasteiger partial charge in [0.15, 0.2) is 0 Å². The number of nitriles is 1. The predicted molar refractivity (Wildman–Crippen MR) is 102 cm³/mol. The summed E-state index contributed by atoms with van der Waals surface area (Å²) in [4.78, 5) is 19.3. The van der Waals surface area contributed by atoms with Crippen molar-refractivity contribution in [3.63, 3.8) is 0 Å². The van der Waals surface area contributed by atoms with Gasteiger partial charge in [0.1, 0.15) is 11.5 Å². The third kappa shape index (κ3) is 2.70. The Morgan fingerprint density at radius 3 is 2.77 bits per heavy atom. The van der Waals surface area contributed by atoms with Gasteiger partial charge in [0.2, 0.25) is 0 Å². The van der Waals surface area contributed by atoms with Gasteiger partial charge < -0.3 is 10.1 Å². The van der Waals surface area contributed by atoms with Crippen LogP contribution in [0.5, 0.6) is 0 Å². The highest BCUT2D eigenvalue weighted by Crippen LogP contribution is 2.24. The van der Waals surface area contributed by atoms with Crippen molar-refractivity contribution in [2.45, 2.75) is 0 Å². The Bertz CT molecular complexity index is 1270. The predicted octanol–water partition coefficient (Wildman–Crippen LogP) is 4.00. The van der Waals surface area contributed by atoms with E-state index in [1.807, 2.05) is 42.5 Å². The SMILES string of the molecule is N#Cc1ccc2[nH]c(=O)c(C=C(O)c3cccc4ccccc34)nc2c1. The number of fused-ring (bicyclic) bond motifs is 2. The Morgan fingerprint density at radius 2 is 1.92 bits per heavy atom. The van der Waals surface area contributed by atoms with Gasteiger partial charge >= 0.3 is 0 Å². The number of hydrogen-bond donors (Lipinski definition) is 2. The topological polar surface area (TPSA) is 89.8 Å². The third-order valence-corrected chi connectivity index (χ3v) is 4.19. The Labute approximate surface area is 148 Å². The molecule has 0 aliphatic heterocycles. The summed E-state index contributed by atoms with van der Waals surface area (Å²) in [6.07, 6.45) is 1.35. The minimum absolute atomic E-state index is 0.0458. The molecule has 0 aliphatic rings. The molecule has 0 fully saturated rings. The number of nitrogens with one attached hydrogen (secondary N) is 1. The van der Waals surface area contributed by atoms with E-state index in [-0.39, 0.29) is 11.5 Å². The maximum atomic E-state index is 12.3. The molecule has 26 heavy (non-hydrogen) atoms. The smallest absolute Gasteiger partial charge is 0.274 e. The highest BCUT2D eigenvalue weighted by Gasteiger charge is 2.09. The summed E-state index contributed by atoms with van der Waals surface area (Å²) < 4.78 is 0. The first kappa shape index (κ1) is 15.6. The lowest BCUT2D eigenvalue weighted by molar-refractivity contribution is 0.516. The van der Waals surface area contributed by atoms with E-state index in [1.54, 1.807) is 24.3 Å². The molecule has 0 saturated carbocycles. The van der Waals surface area contributed by atoms with Crippen LogP contribution < -0.4 is 5.56 Å². The van der Waals surface area contributed by atoms with Crippen LogP contribution in [0.3, 0.4) is 0 Å². The zero-order valence-electron chi connectivity index (χ0n) is 13.6. The minimum atomic E-state index is -0.408. The van der Waals surface area contributed by atoms with Crippen molar-refractivity contribution in [1.29, 1.82) is 5.26 Å². The Kier molecular flexibility index (Phi) is 3.71. The number of aliphatic hydroxyl groups is 1. The number of hydrogen-bond acceptors (Lipinski definition) is 4. The van der Waals surface area contributed by atoms with E-state index in [0.717, 1.165) is 10.8 Å². The highest BCUT2D eigenvalue weighted by molar-refractivity contribution is 5.95. The minimum Gasteiger partial charge on any atom is -0.507 e. The molecule has 3 aromatic carbocycles. The number of rotatable bonds is 2. The summed E-state index contributed by atoms with van der Waals surface area (Å²) in [6, 6.07) is 20.2. The van der Waals surface area contributed by atoms with Crippen LogP contribution in [0.15, 0.2) is 65.5 Å². The third-order valence-electron chi connectivity index (χ3n) is 4.19. The number of aromatic nitrogens is 2. The molecule has 124 valence electrons. The van der Waals surface area contributed by atoms with Crippen molar-refractivity contribution < 1.29 is 5.11 Å².